The normalized spacial score (nSPS) is 10.3. The van der Waals surface area contributed by atoms with Crippen molar-refractivity contribution in [3.63, 3.8) is 0 Å². The van der Waals surface area contributed by atoms with Gasteiger partial charge in [0.2, 0.25) is 0 Å². The molecule has 0 aliphatic rings. The van der Waals surface area contributed by atoms with Gasteiger partial charge in [0.25, 0.3) is 5.91 Å². The zero-order chi connectivity index (χ0) is 15.8. The van der Waals surface area contributed by atoms with E-state index in [-0.39, 0.29) is 17.4 Å². The van der Waals surface area contributed by atoms with Gasteiger partial charge in [0, 0.05) is 12.2 Å². The van der Waals surface area contributed by atoms with Gasteiger partial charge in [-0.3, -0.25) is 4.79 Å². The highest BCUT2D eigenvalue weighted by molar-refractivity contribution is 5.92. The zero-order valence-electron chi connectivity index (χ0n) is 12.5. The third kappa shape index (κ3) is 4.80. The smallest absolute Gasteiger partial charge is 0.271 e. The SMILES string of the molecule is CCCCCNC(=O)c1cnc(Nc2ccc(F)cc2)cn1. The van der Waals surface area contributed by atoms with Gasteiger partial charge in [-0.15, -0.1) is 0 Å². The summed E-state index contributed by atoms with van der Waals surface area (Å²) in [6.45, 7) is 2.75. The number of halogens is 1. The van der Waals surface area contributed by atoms with Crippen molar-refractivity contribution in [2.24, 2.45) is 0 Å². The number of nitrogens with one attached hydrogen (secondary N) is 2. The Bertz CT molecular complexity index is 599. The van der Waals surface area contributed by atoms with Gasteiger partial charge in [-0.2, -0.15) is 0 Å². The predicted molar refractivity (Wildman–Crippen MR) is 83.6 cm³/mol. The Labute approximate surface area is 129 Å². The summed E-state index contributed by atoms with van der Waals surface area (Å²) in [6, 6.07) is 5.92. The monoisotopic (exact) mass is 302 g/mol. The van der Waals surface area contributed by atoms with Crippen LogP contribution in [0.15, 0.2) is 36.7 Å². The standard InChI is InChI=1S/C16H19FN4O/c1-2-3-4-9-18-16(22)14-10-20-15(11-19-14)21-13-7-5-12(17)6-8-13/h5-8,10-11H,2-4,9H2,1H3,(H,18,22)(H,20,21). The minimum atomic E-state index is -0.299. The van der Waals surface area contributed by atoms with Crippen LogP contribution in [0.1, 0.15) is 36.7 Å². The van der Waals surface area contributed by atoms with Gasteiger partial charge < -0.3 is 10.6 Å². The van der Waals surface area contributed by atoms with Gasteiger partial charge in [-0.05, 0) is 30.7 Å². The largest absolute Gasteiger partial charge is 0.351 e. The summed E-state index contributed by atoms with van der Waals surface area (Å²) in [7, 11) is 0. The molecule has 2 rings (SSSR count). The van der Waals surface area contributed by atoms with Crippen molar-refractivity contribution in [1.82, 2.24) is 15.3 Å². The molecular weight excluding hydrogens is 283 g/mol. The van der Waals surface area contributed by atoms with Crippen LogP contribution < -0.4 is 10.6 Å². The van der Waals surface area contributed by atoms with Crippen LogP contribution in [0.5, 0.6) is 0 Å². The fourth-order valence-corrected chi connectivity index (χ4v) is 1.86. The second-order valence-corrected chi connectivity index (χ2v) is 4.88. The quantitative estimate of drug-likeness (QED) is 0.770. The Kier molecular flexibility index (Phi) is 5.82. The van der Waals surface area contributed by atoms with Crippen molar-refractivity contribution < 1.29 is 9.18 Å². The zero-order valence-corrected chi connectivity index (χ0v) is 12.5. The number of carbonyl (C=O) groups excluding carboxylic acids is 1. The molecule has 22 heavy (non-hydrogen) atoms. The van der Waals surface area contributed by atoms with Crippen molar-refractivity contribution >= 4 is 17.4 Å². The fourth-order valence-electron chi connectivity index (χ4n) is 1.86. The molecule has 0 radical (unpaired) electrons. The van der Waals surface area contributed by atoms with Crippen molar-refractivity contribution in [2.45, 2.75) is 26.2 Å². The molecule has 2 N–H and O–H groups in total. The molecular formula is C16H19FN4O. The summed E-state index contributed by atoms with van der Waals surface area (Å²) >= 11 is 0. The molecule has 2 aromatic rings. The maximum Gasteiger partial charge on any atom is 0.271 e. The molecule has 0 fully saturated rings. The van der Waals surface area contributed by atoms with E-state index in [0.717, 1.165) is 19.3 Å². The Morgan fingerprint density at radius 3 is 2.55 bits per heavy atom. The highest BCUT2D eigenvalue weighted by Crippen LogP contribution is 2.13. The Morgan fingerprint density at radius 2 is 1.91 bits per heavy atom. The highest BCUT2D eigenvalue weighted by atomic mass is 19.1. The summed E-state index contributed by atoms with van der Waals surface area (Å²) in [5.74, 6) is -0.0298. The highest BCUT2D eigenvalue weighted by Gasteiger charge is 2.07. The first-order valence-electron chi connectivity index (χ1n) is 7.32. The molecule has 116 valence electrons. The minimum Gasteiger partial charge on any atom is -0.351 e. The molecule has 0 unspecified atom stereocenters. The summed E-state index contributed by atoms with van der Waals surface area (Å²) in [6.07, 6.45) is 6.05. The summed E-state index contributed by atoms with van der Waals surface area (Å²) in [4.78, 5) is 20.1. The molecule has 1 amide bonds. The number of anilines is 2. The van der Waals surface area contributed by atoms with Crippen LogP contribution in [0, 0.1) is 5.82 Å². The first-order chi connectivity index (χ1) is 10.7. The van der Waals surface area contributed by atoms with Crippen molar-refractivity contribution in [3.05, 3.63) is 48.2 Å². The number of carbonyl (C=O) groups is 1. The molecule has 0 aliphatic heterocycles. The Morgan fingerprint density at radius 1 is 1.14 bits per heavy atom. The van der Waals surface area contributed by atoms with E-state index in [1.165, 1.54) is 24.5 Å². The third-order valence-electron chi connectivity index (χ3n) is 3.07. The van der Waals surface area contributed by atoms with Crippen LogP contribution in [-0.4, -0.2) is 22.4 Å². The number of amides is 1. The van der Waals surface area contributed by atoms with E-state index in [1.807, 2.05) is 0 Å². The molecule has 1 aromatic heterocycles. The van der Waals surface area contributed by atoms with Crippen LogP contribution >= 0.6 is 0 Å². The average molecular weight is 302 g/mol. The van der Waals surface area contributed by atoms with Gasteiger partial charge in [0.05, 0.1) is 12.4 Å². The lowest BCUT2D eigenvalue weighted by atomic mass is 10.2. The molecule has 0 saturated carbocycles. The molecule has 1 heterocycles. The van der Waals surface area contributed by atoms with E-state index in [9.17, 15) is 9.18 Å². The Hall–Kier alpha value is -2.50. The lowest BCUT2D eigenvalue weighted by molar-refractivity contribution is 0.0947. The second-order valence-electron chi connectivity index (χ2n) is 4.88. The van der Waals surface area contributed by atoms with E-state index in [1.54, 1.807) is 12.1 Å². The van der Waals surface area contributed by atoms with Crippen LogP contribution in [0.25, 0.3) is 0 Å². The lowest BCUT2D eigenvalue weighted by Crippen LogP contribution is -2.25. The van der Waals surface area contributed by atoms with Gasteiger partial charge >= 0.3 is 0 Å². The molecule has 0 spiro atoms. The molecule has 1 aromatic carbocycles. The molecule has 5 nitrogen and oxygen atoms in total. The van der Waals surface area contributed by atoms with Gasteiger partial charge in [-0.25, -0.2) is 14.4 Å². The minimum absolute atomic E-state index is 0.225. The van der Waals surface area contributed by atoms with Crippen LogP contribution in [0.2, 0.25) is 0 Å². The number of hydrogen-bond acceptors (Lipinski definition) is 4. The number of benzene rings is 1. The fraction of sp³-hybridized carbons (Fsp3) is 0.312. The maximum absolute atomic E-state index is 12.8. The number of hydrogen-bond donors (Lipinski definition) is 2. The van der Waals surface area contributed by atoms with E-state index in [2.05, 4.69) is 27.5 Å². The summed E-state index contributed by atoms with van der Waals surface area (Å²) < 4.78 is 12.8. The van der Waals surface area contributed by atoms with Gasteiger partial charge in [0.1, 0.15) is 17.3 Å². The van der Waals surface area contributed by atoms with Gasteiger partial charge in [-0.1, -0.05) is 19.8 Å². The van der Waals surface area contributed by atoms with Crippen LogP contribution in [0.3, 0.4) is 0 Å². The number of rotatable bonds is 7. The first kappa shape index (κ1) is 15.9. The van der Waals surface area contributed by atoms with E-state index in [0.29, 0.717) is 18.1 Å². The predicted octanol–water partition coefficient (Wildman–Crippen LogP) is 3.28. The molecule has 0 aliphatic carbocycles. The molecule has 6 heteroatoms. The topological polar surface area (TPSA) is 66.9 Å². The van der Waals surface area contributed by atoms with Crippen LogP contribution in [0.4, 0.5) is 15.9 Å². The molecule has 0 atom stereocenters. The average Bonchev–Trinajstić information content (AvgIpc) is 2.54. The first-order valence-corrected chi connectivity index (χ1v) is 7.32. The molecule has 0 saturated heterocycles. The second kappa shape index (κ2) is 8.07. The number of unbranched alkanes of at least 4 members (excludes halogenated alkanes) is 2. The summed E-state index contributed by atoms with van der Waals surface area (Å²) in [5.41, 5.74) is 0.980. The van der Waals surface area contributed by atoms with Crippen molar-refractivity contribution in [1.29, 1.82) is 0 Å². The van der Waals surface area contributed by atoms with Gasteiger partial charge in [0.15, 0.2) is 0 Å². The van der Waals surface area contributed by atoms with Crippen molar-refractivity contribution in [2.75, 3.05) is 11.9 Å². The van der Waals surface area contributed by atoms with E-state index >= 15 is 0 Å². The summed E-state index contributed by atoms with van der Waals surface area (Å²) in [5, 5.41) is 5.79. The third-order valence-corrected chi connectivity index (χ3v) is 3.07. The molecule has 0 bridgehead atoms. The van der Waals surface area contributed by atoms with E-state index < -0.39 is 0 Å². The van der Waals surface area contributed by atoms with E-state index in [4.69, 9.17) is 0 Å². The van der Waals surface area contributed by atoms with Crippen LogP contribution in [-0.2, 0) is 0 Å². The number of aromatic nitrogens is 2. The Balaban J connectivity index is 1.89. The lowest BCUT2D eigenvalue weighted by Gasteiger charge is -2.06. The maximum atomic E-state index is 12.8. The van der Waals surface area contributed by atoms with Crippen molar-refractivity contribution in [3.8, 4) is 0 Å². The number of nitrogens with zero attached hydrogens (tertiary/aromatic N) is 2.